The van der Waals surface area contributed by atoms with Gasteiger partial charge in [-0.2, -0.15) is 0 Å². The van der Waals surface area contributed by atoms with Crippen molar-refractivity contribution >= 4 is 5.91 Å². The Balaban J connectivity index is 1.72. The summed E-state index contributed by atoms with van der Waals surface area (Å²) in [5.41, 5.74) is 1.14. The van der Waals surface area contributed by atoms with Gasteiger partial charge in [0, 0.05) is 32.2 Å². The Morgan fingerprint density at radius 3 is 2.94 bits per heavy atom. The van der Waals surface area contributed by atoms with Gasteiger partial charge in [-0.05, 0) is 12.5 Å². The Kier molecular flexibility index (Phi) is 4.73. The predicted octanol–water partition coefficient (Wildman–Crippen LogP) is 0.596. The molecule has 18 heavy (non-hydrogen) atoms. The Morgan fingerprint density at radius 2 is 2.22 bits per heavy atom. The summed E-state index contributed by atoms with van der Waals surface area (Å²) in [6.07, 6.45) is 0. The number of piperazine rings is 1. The Bertz CT molecular complexity index is 380. The number of nitrogens with one attached hydrogen (secondary N) is 2. The molecule has 1 heterocycles. The first-order chi connectivity index (χ1) is 8.74. The fourth-order valence-corrected chi connectivity index (χ4v) is 2.21. The number of carbonyl (C=O) groups is 1. The molecule has 98 valence electrons. The highest BCUT2D eigenvalue weighted by molar-refractivity contribution is 5.78. The van der Waals surface area contributed by atoms with E-state index in [-0.39, 0.29) is 5.91 Å². The Hall–Kier alpha value is -1.39. The molecule has 2 rings (SSSR count). The van der Waals surface area contributed by atoms with Crippen LogP contribution < -0.4 is 10.6 Å². The average molecular weight is 247 g/mol. The normalized spacial score (nSPS) is 20.6. The third-order valence-electron chi connectivity index (χ3n) is 3.15. The van der Waals surface area contributed by atoms with Gasteiger partial charge in [0.15, 0.2) is 0 Å². The van der Waals surface area contributed by atoms with Gasteiger partial charge in [-0.25, -0.2) is 0 Å². The van der Waals surface area contributed by atoms with Crippen molar-refractivity contribution in [3.8, 4) is 0 Å². The van der Waals surface area contributed by atoms with Crippen LogP contribution in [0.25, 0.3) is 0 Å². The summed E-state index contributed by atoms with van der Waals surface area (Å²) < 4.78 is 0. The number of benzene rings is 1. The van der Waals surface area contributed by atoms with Gasteiger partial charge >= 0.3 is 0 Å². The van der Waals surface area contributed by atoms with Crippen LogP contribution in [0.15, 0.2) is 30.3 Å². The molecule has 0 radical (unpaired) electrons. The number of amides is 1. The molecule has 1 aromatic carbocycles. The topological polar surface area (TPSA) is 44.4 Å². The molecule has 1 amide bonds. The fraction of sp³-hybridized carbons (Fsp3) is 0.500. The van der Waals surface area contributed by atoms with Crippen molar-refractivity contribution in [1.29, 1.82) is 0 Å². The third-order valence-corrected chi connectivity index (χ3v) is 3.15. The molecule has 0 aliphatic carbocycles. The number of hydrogen-bond acceptors (Lipinski definition) is 3. The van der Waals surface area contributed by atoms with Gasteiger partial charge in [0.2, 0.25) is 5.91 Å². The minimum atomic E-state index is 0.105. The predicted molar refractivity (Wildman–Crippen MR) is 72.2 cm³/mol. The smallest absolute Gasteiger partial charge is 0.234 e. The molecule has 0 saturated carbocycles. The van der Waals surface area contributed by atoms with E-state index in [0.717, 1.165) is 25.2 Å². The fourth-order valence-electron chi connectivity index (χ4n) is 2.21. The molecule has 1 aliphatic rings. The molecule has 1 aliphatic heterocycles. The van der Waals surface area contributed by atoms with Crippen LogP contribution in [0.3, 0.4) is 0 Å². The molecular formula is C14H21N3O. The maximum atomic E-state index is 11.8. The lowest BCUT2D eigenvalue weighted by atomic mass is 10.2. The Morgan fingerprint density at radius 1 is 1.44 bits per heavy atom. The summed E-state index contributed by atoms with van der Waals surface area (Å²) in [7, 11) is 0. The van der Waals surface area contributed by atoms with Crippen LogP contribution in [0.5, 0.6) is 0 Å². The second-order valence-corrected chi connectivity index (χ2v) is 4.85. The van der Waals surface area contributed by atoms with Gasteiger partial charge in [0.1, 0.15) is 0 Å². The van der Waals surface area contributed by atoms with Gasteiger partial charge in [-0.3, -0.25) is 9.69 Å². The molecule has 1 fully saturated rings. The highest BCUT2D eigenvalue weighted by Gasteiger charge is 2.17. The molecular weight excluding hydrogens is 226 g/mol. The van der Waals surface area contributed by atoms with E-state index in [0.29, 0.717) is 19.1 Å². The van der Waals surface area contributed by atoms with Crippen LogP contribution in [0, 0.1) is 0 Å². The second-order valence-electron chi connectivity index (χ2n) is 4.85. The largest absolute Gasteiger partial charge is 0.351 e. The highest BCUT2D eigenvalue weighted by Crippen LogP contribution is 1.99. The van der Waals surface area contributed by atoms with Gasteiger partial charge < -0.3 is 10.6 Å². The van der Waals surface area contributed by atoms with E-state index < -0.39 is 0 Å². The first-order valence-corrected chi connectivity index (χ1v) is 6.50. The SMILES string of the molecule is C[C@@H]1CN(CC(=O)NCc2ccccc2)CCN1. The molecule has 2 N–H and O–H groups in total. The van der Waals surface area contributed by atoms with Crippen molar-refractivity contribution in [3.63, 3.8) is 0 Å². The van der Waals surface area contributed by atoms with Gasteiger partial charge in [0.05, 0.1) is 6.54 Å². The van der Waals surface area contributed by atoms with Gasteiger partial charge in [-0.1, -0.05) is 30.3 Å². The number of carbonyl (C=O) groups excluding carboxylic acids is 1. The summed E-state index contributed by atoms with van der Waals surface area (Å²) in [6, 6.07) is 10.5. The van der Waals surface area contributed by atoms with Crippen LogP contribution in [0.4, 0.5) is 0 Å². The number of nitrogens with zero attached hydrogens (tertiary/aromatic N) is 1. The highest BCUT2D eigenvalue weighted by atomic mass is 16.2. The molecule has 1 saturated heterocycles. The lowest BCUT2D eigenvalue weighted by Gasteiger charge is -2.31. The molecule has 0 unspecified atom stereocenters. The van der Waals surface area contributed by atoms with E-state index >= 15 is 0 Å². The second kappa shape index (κ2) is 6.52. The molecule has 0 aromatic heterocycles. The van der Waals surface area contributed by atoms with Gasteiger partial charge in [-0.15, -0.1) is 0 Å². The standard InChI is InChI=1S/C14H21N3O/c1-12-10-17(8-7-15-12)11-14(18)16-9-13-5-3-2-4-6-13/h2-6,12,15H,7-11H2,1H3,(H,16,18)/t12-/m1/s1. The molecule has 4 nitrogen and oxygen atoms in total. The van der Waals surface area contributed by atoms with E-state index in [1.165, 1.54) is 0 Å². The monoisotopic (exact) mass is 247 g/mol. The third kappa shape index (κ3) is 4.13. The van der Waals surface area contributed by atoms with Crippen molar-refractivity contribution in [2.45, 2.75) is 19.5 Å². The van der Waals surface area contributed by atoms with Crippen LogP contribution in [-0.2, 0) is 11.3 Å². The first kappa shape index (κ1) is 13.1. The molecule has 4 heteroatoms. The van der Waals surface area contributed by atoms with Crippen molar-refractivity contribution < 1.29 is 4.79 Å². The van der Waals surface area contributed by atoms with Crippen LogP contribution >= 0.6 is 0 Å². The summed E-state index contributed by atoms with van der Waals surface area (Å²) >= 11 is 0. The number of rotatable bonds is 4. The lowest BCUT2D eigenvalue weighted by Crippen LogP contribution is -2.51. The zero-order chi connectivity index (χ0) is 12.8. The van der Waals surface area contributed by atoms with Crippen LogP contribution in [-0.4, -0.2) is 43.0 Å². The maximum absolute atomic E-state index is 11.8. The summed E-state index contributed by atoms with van der Waals surface area (Å²) in [6.45, 7) is 6.11. The van der Waals surface area contributed by atoms with E-state index in [1.54, 1.807) is 0 Å². The Labute approximate surface area is 108 Å². The zero-order valence-corrected chi connectivity index (χ0v) is 10.9. The minimum Gasteiger partial charge on any atom is -0.351 e. The minimum absolute atomic E-state index is 0.105. The maximum Gasteiger partial charge on any atom is 0.234 e. The van der Waals surface area contributed by atoms with Crippen LogP contribution in [0.2, 0.25) is 0 Å². The quantitative estimate of drug-likeness (QED) is 0.819. The number of hydrogen-bond donors (Lipinski definition) is 2. The first-order valence-electron chi connectivity index (χ1n) is 6.50. The molecule has 0 bridgehead atoms. The van der Waals surface area contributed by atoms with Crippen molar-refractivity contribution in [3.05, 3.63) is 35.9 Å². The molecule has 0 spiro atoms. The molecule has 1 atom stereocenters. The van der Waals surface area contributed by atoms with Gasteiger partial charge in [0.25, 0.3) is 0 Å². The average Bonchev–Trinajstić information content (AvgIpc) is 2.38. The van der Waals surface area contributed by atoms with Crippen molar-refractivity contribution in [2.75, 3.05) is 26.2 Å². The van der Waals surface area contributed by atoms with E-state index in [9.17, 15) is 4.79 Å². The zero-order valence-electron chi connectivity index (χ0n) is 10.9. The summed E-state index contributed by atoms with van der Waals surface area (Å²) in [5.74, 6) is 0.105. The summed E-state index contributed by atoms with van der Waals surface area (Å²) in [4.78, 5) is 14.0. The van der Waals surface area contributed by atoms with Crippen molar-refractivity contribution in [2.24, 2.45) is 0 Å². The summed E-state index contributed by atoms with van der Waals surface area (Å²) in [5, 5.41) is 6.33. The molecule has 1 aromatic rings. The van der Waals surface area contributed by atoms with E-state index in [1.807, 2.05) is 30.3 Å². The van der Waals surface area contributed by atoms with E-state index in [4.69, 9.17) is 0 Å². The van der Waals surface area contributed by atoms with E-state index in [2.05, 4.69) is 22.5 Å². The van der Waals surface area contributed by atoms with Crippen LogP contribution in [0.1, 0.15) is 12.5 Å². The van der Waals surface area contributed by atoms with Crippen molar-refractivity contribution in [1.82, 2.24) is 15.5 Å². The lowest BCUT2D eigenvalue weighted by molar-refractivity contribution is -0.122.